The number of ether oxygens (including phenoxy) is 1. The van der Waals surface area contributed by atoms with E-state index in [1.807, 2.05) is 0 Å². The average molecular weight is 486 g/mol. The molecule has 0 aromatic heterocycles. The van der Waals surface area contributed by atoms with E-state index < -0.39 is 37.3 Å². The first-order valence-electron chi connectivity index (χ1n) is 5.32. The topological polar surface area (TPSA) is 63.2 Å². The van der Waals surface area contributed by atoms with Crippen LogP contribution in [0.2, 0.25) is 0 Å². The predicted octanol–water partition coefficient (Wildman–Crippen LogP) is 7.02. The summed E-state index contributed by atoms with van der Waals surface area (Å²) in [5.41, 5.74) is 0. The molecule has 1 rings (SSSR count). The molecule has 0 saturated carbocycles. The number of carbonyl (C=O) groups is 1. The van der Waals surface area contributed by atoms with Gasteiger partial charge >= 0.3 is 145 Å². The molecule has 116 valence electrons. The zero-order valence-corrected chi connectivity index (χ0v) is 19.8. The van der Waals surface area contributed by atoms with Crippen LogP contribution in [0.5, 0.6) is 0 Å². The summed E-state index contributed by atoms with van der Waals surface area (Å²) in [6, 6.07) is 0. The van der Waals surface area contributed by atoms with Gasteiger partial charge in [0.1, 0.15) is 0 Å². The van der Waals surface area contributed by atoms with Gasteiger partial charge in [-0.2, -0.15) is 0 Å². The third-order valence-corrected chi connectivity index (χ3v) is 9.92. The van der Waals surface area contributed by atoms with Crippen molar-refractivity contribution in [3.63, 3.8) is 0 Å². The maximum atomic E-state index is 12.2. The molecule has 1 aliphatic rings. The Hall–Kier alpha value is 3.35. The van der Waals surface area contributed by atoms with Crippen molar-refractivity contribution >= 4 is 86.1 Å². The summed E-state index contributed by atoms with van der Waals surface area (Å²) in [4.78, 5) is 12.2. The molecule has 1 aliphatic heterocycles. The normalized spacial score (nSPS) is 28.6. The number of carbonyl (C=O) groups excluding carboxylic acids is 1. The van der Waals surface area contributed by atoms with Crippen molar-refractivity contribution in [3.8, 4) is 0 Å². The number of cyclic esters (lactones) is 1. The van der Waals surface area contributed by atoms with Crippen LogP contribution in [0.1, 0.15) is 0 Å². The summed E-state index contributed by atoms with van der Waals surface area (Å²) in [6.07, 6.45) is -2.84. The van der Waals surface area contributed by atoms with Gasteiger partial charge in [0, 0.05) is 0 Å². The maximum absolute atomic E-state index is 12.2. The van der Waals surface area contributed by atoms with Gasteiger partial charge in [-0.25, -0.2) is 0 Å². The summed E-state index contributed by atoms with van der Waals surface area (Å²) >= 11 is 0. The molecule has 1 saturated heterocycles. The number of rotatable bonds is 6. The van der Waals surface area contributed by atoms with Crippen LogP contribution in [0.4, 0.5) is 0 Å². The quantitative estimate of drug-likeness (QED) is 0.297. The molecule has 6 atom stereocenters. The second kappa shape index (κ2) is 13.5. The fourth-order valence-electron chi connectivity index (χ4n) is 1.62. The molecule has 0 aliphatic carbocycles. The second-order valence-electron chi connectivity index (χ2n) is 3.57. The van der Waals surface area contributed by atoms with Gasteiger partial charge in [-0.15, -0.1) is 0 Å². The Morgan fingerprint density at radius 3 is 2.68 bits per heavy atom. The third-order valence-electron chi connectivity index (χ3n) is 2.41. The molecule has 1 fully saturated rings. The van der Waals surface area contributed by atoms with E-state index in [1.54, 1.807) is 0 Å². The zero-order chi connectivity index (χ0) is 16.5. The first kappa shape index (κ1) is 23.4. The van der Waals surface area contributed by atoms with Crippen molar-refractivity contribution in [1.82, 2.24) is 0 Å². The summed E-state index contributed by atoms with van der Waals surface area (Å²) in [6.45, 7) is -0.366. The van der Waals surface area contributed by atoms with Crippen LogP contribution in [0.15, 0.2) is 0 Å². The molecule has 0 spiro atoms. The Morgan fingerprint density at radius 2 is 2.14 bits per heavy atom. The fraction of sp³-hybridized carbons (Fsp3) is 0.833. The average Bonchev–Trinajstić information content (AvgIpc) is 2.51. The second-order valence-corrected chi connectivity index (χ2v) is 14.1. The van der Waals surface area contributed by atoms with E-state index in [4.69, 9.17) is 22.8 Å². The van der Waals surface area contributed by atoms with Crippen molar-refractivity contribution in [2.75, 3.05) is 6.61 Å². The SMILES string of the molecule is O=C1O[C@H](COP)[C@@H](O[P+]#P)[C@H](OP=P#P)[C@H]1OP(#P)[P+]#P. The minimum absolute atomic E-state index is 0.146. The molecule has 0 N–H and O–H groups in total. The van der Waals surface area contributed by atoms with Gasteiger partial charge < -0.3 is 0 Å². The van der Waals surface area contributed by atoms with Crippen LogP contribution in [0.25, 0.3) is 0 Å². The molecule has 2 unspecified atom stereocenters. The van der Waals surface area contributed by atoms with Crippen molar-refractivity contribution in [2.24, 2.45) is 0 Å². The molecule has 6 nitrogen and oxygen atoms in total. The standard InChI is InChI=1S/C6H8O6P10/c7-6-5(12-22(17)21-16)4(11-19-20-15)3(10-18-14)2(9-6)1-8-13/h2-5H,1,13H2/q+2/t2-,3-,4+,5-/m1/s1. The molecule has 0 radical (unpaired) electrons. The Balaban J connectivity index is 3.12. The predicted molar refractivity (Wildman–Crippen MR) is 102 cm³/mol. The Kier molecular flexibility index (Phi) is 14.4. The molecule has 0 bridgehead atoms. The van der Waals surface area contributed by atoms with Crippen molar-refractivity contribution in [3.05, 3.63) is 0 Å². The zero-order valence-electron chi connectivity index (χ0n) is 10.6. The van der Waals surface area contributed by atoms with Gasteiger partial charge in [0.05, 0.1) is 0 Å². The molecule has 22 heavy (non-hydrogen) atoms. The van der Waals surface area contributed by atoms with E-state index in [0.29, 0.717) is 30.3 Å². The first-order valence-corrected chi connectivity index (χ1v) is 16.5. The molecule has 0 amide bonds. The van der Waals surface area contributed by atoms with Crippen LogP contribution in [-0.2, 0) is 27.6 Å². The van der Waals surface area contributed by atoms with E-state index in [-0.39, 0.29) is 6.61 Å². The Bertz CT molecular complexity index is 654. The minimum atomic E-state index is -1.21. The van der Waals surface area contributed by atoms with Crippen LogP contribution < -0.4 is 0 Å². The van der Waals surface area contributed by atoms with Gasteiger partial charge in [0.15, 0.2) is 0 Å². The monoisotopic (exact) mass is 486 g/mol. The fourth-order valence-corrected chi connectivity index (χ4v) is 5.29. The Morgan fingerprint density at radius 1 is 1.41 bits per heavy atom. The molecular formula is C6H8O6P10+2. The van der Waals surface area contributed by atoms with Crippen molar-refractivity contribution in [2.45, 2.75) is 24.4 Å². The molecule has 16 heteroatoms. The van der Waals surface area contributed by atoms with Crippen molar-refractivity contribution < 1.29 is 27.6 Å². The van der Waals surface area contributed by atoms with Gasteiger partial charge in [0.2, 0.25) is 0 Å². The van der Waals surface area contributed by atoms with E-state index >= 15 is 0 Å². The van der Waals surface area contributed by atoms with Gasteiger partial charge in [-0.3, -0.25) is 0 Å². The van der Waals surface area contributed by atoms with Crippen LogP contribution in [0.3, 0.4) is 0 Å². The van der Waals surface area contributed by atoms with E-state index in [2.05, 4.69) is 42.8 Å². The Labute approximate surface area is 144 Å². The molecule has 0 aromatic rings. The third kappa shape index (κ3) is 7.53. The van der Waals surface area contributed by atoms with Crippen LogP contribution in [0, 0.1) is 0 Å². The number of esters is 1. The van der Waals surface area contributed by atoms with Gasteiger partial charge in [-0.05, 0) is 0 Å². The summed E-state index contributed by atoms with van der Waals surface area (Å²) in [5, 5.41) is 0. The van der Waals surface area contributed by atoms with Crippen LogP contribution in [-0.4, -0.2) is 37.0 Å². The van der Waals surface area contributed by atoms with Gasteiger partial charge in [-0.1, -0.05) is 0 Å². The van der Waals surface area contributed by atoms with Gasteiger partial charge in [0.25, 0.3) is 0 Å². The molecule has 1 heterocycles. The molecular weight excluding hydrogens is 478 g/mol. The van der Waals surface area contributed by atoms with Crippen molar-refractivity contribution in [1.29, 1.82) is 0 Å². The van der Waals surface area contributed by atoms with E-state index in [0.717, 1.165) is 0 Å². The summed E-state index contributed by atoms with van der Waals surface area (Å²) in [5.74, 6) is -0.544. The van der Waals surface area contributed by atoms with E-state index in [9.17, 15) is 4.79 Å². The number of hydrogen-bond donors (Lipinski definition) is 0. The summed E-state index contributed by atoms with van der Waals surface area (Å²) < 4.78 is 27.2. The first-order chi connectivity index (χ1) is 10.6. The number of hydrogen-bond acceptors (Lipinski definition) is 6. The van der Waals surface area contributed by atoms with Crippen LogP contribution >= 0.6 is 80.1 Å². The molecule has 0 aromatic carbocycles. The summed E-state index contributed by atoms with van der Waals surface area (Å²) in [7, 11) is 20.1. The van der Waals surface area contributed by atoms with E-state index in [1.165, 1.54) is 0 Å².